The molecule has 1 fully saturated rings. The number of aliphatic hydroxyl groups is 1. The summed E-state index contributed by atoms with van der Waals surface area (Å²) in [6, 6.07) is 4.01. The highest BCUT2D eigenvalue weighted by Gasteiger charge is 2.39. The summed E-state index contributed by atoms with van der Waals surface area (Å²) in [5.41, 5.74) is -1.90. The number of ether oxygens (including phenoxy) is 2. The molecule has 0 spiro atoms. The van der Waals surface area contributed by atoms with Crippen LogP contribution in [0.4, 0.5) is 4.39 Å². The molecule has 43 heavy (non-hydrogen) atoms. The lowest BCUT2D eigenvalue weighted by Gasteiger charge is -2.31. The van der Waals surface area contributed by atoms with Crippen molar-refractivity contribution in [2.75, 3.05) is 33.4 Å². The molecule has 3 aromatic heterocycles. The van der Waals surface area contributed by atoms with E-state index >= 15 is 0 Å². The third-order valence-electron chi connectivity index (χ3n) is 7.77. The normalized spacial score (nSPS) is 14.5. The first-order valence-electron chi connectivity index (χ1n) is 14.1. The van der Waals surface area contributed by atoms with Crippen molar-refractivity contribution in [3.8, 4) is 10.8 Å². The molecule has 14 heteroatoms. The third kappa shape index (κ3) is 5.61. The van der Waals surface area contributed by atoms with Gasteiger partial charge in [0, 0.05) is 37.4 Å². The van der Waals surface area contributed by atoms with Gasteiger partial charge in [0.1, 0.15) is 33.0 Å². The summed E-state index contributed by atoms with van der Waals surface area (Å²) in [4.78, 5) is 45.7. The van der Waals surface area contributed by atoms with Crippen molar-refractivity contribution in [3.63, 3.8) is 0 Å². The molecular weight excluding hydrogens is 579 g/mol. The van der Waals surface area contributed by atoms with Gasteiger partial charge in [-0.05, 0) is 58.2 Å². The SMILES string of the molecule is COc1ccc(F)cc1[C@H](Cn1c(=O)n(C(C)(C)C(=O)N2CCCC2)c(=O)c2c(C)c(-n3nccn3)sc21)OCCCO. The number of nitrogens with zero attached hydrogens (tertiary/aromatic N) is 6. The van der Waals surface area contributed by atoms with Crippen LogP contribution in [0, 0.1) is 12.7 Å². The molecule has 0 unspecified atom stereocenters. The number of aryl methyl sites for hydroxylation is 1. The van der Waals surface area contributed by atoms with E-state index in [9.17, 15) is 23.9 Å². The molecule has 0 saturated carbocycles. The Bertz CT molecular complexity index is 1740. The predicted molar refractivity (Wildman–Crippen MR) is 158 cm³/mol. The molecule has 0 bridgehead atoms. The van der Waals surface area contributed by atoms with Gasteiger partial charge in [0.15, 0.2) is 0 Å². The number of carbonyl (C=O) groups excluding carboxylic acids is 1. The zero-order chi connectivity index (χ0) is 30.9. The largest absolute Gasteiger partial charge is 0.496 e. The maximum atomic E-state index is 14.5. The van der Waals surface area contributed by atoms with Crippen molar-refractivity contribution in [1.82, 2.24) is 29.0 Å². The van der Waals surface area contributed by atoms with Crippen molar-refractivity contribution >= 4 is 27.5 Å². The van der Waals surface area contributed by atoms with E-state index in [0.29, 0.717) is 46.2 Å². The smallest absolute Gasteiger partial charge is 0.333 e. The monoisotopic (exact) mass is 614 g/mol. The maximum Gasteiger partial charge on any atom is 0.333 e. The van der Waals surface area contributed by atoms with Crippen LogP contribution in [0.2, 0.25) is 0 Å². The highest BCUT2D eigenvalue weighted by molar-refractivity contribution is 7.21. The summed E-state index contributed by atoms with van der Waals surface area (Å²) in [6.07, 6.45) is 4.12. The first kappa shape index (κ1) is 30.6. The van der Waals surface area contributed by atoms with E-state index in [1.54, 1.807) is 25.7 Å². The molecule has 230 valence electrons. The quantitative estimate of drug-likeness (QED) is 0.255. The Hall–Kier alpha value is -3.88. The number of amides is 1. The van der Waals surface area contributed by atoms with Gasteiger partial charge in [-0.25, -0.2) is 13.8 Å². The number of rotatable bonds is 11. The van der Waals surface area contributed by atoms with E-state index in [4.69, 9.17) is 9.47 Å². The Morgan fingerprint density at radius 3 is 2.53 bits per heavy atom. The second-order valence-electron chi connectivity index (χ2n) is 10.9. The summed E-state index contributed by atoms with van der Waals surface area (Å²) in [7, 11) is 1.45. The van der Waals surface area contributed by atoms with Gasteiger partial charge < -0.3 is 19.5 Å². The van der Waals surface area contributed by atoms with Crippen molar-refractivity contribution in [2.45, 2.75) is 58.2 Å². The third-order valence-corrected chi connectivity index (χ3v) is 9.05. The van der Waals surface area contributed by atoms with Gasteiger partial charge in [-0.3, -0.25) is 14.2 Å². The molecule has 1 amide bonds. The minimum absolute atomic E-state index is 0.114. The summed E-state index contributed by atoms with van der Waals surface area (Å²) in [5, 5.41) is 18.6. The highest BCUT2D eigenvalue weighted by atomic mass is 32.1. The van der Waals surface area contributed by atoms with Gasteiger partial charge in [-0.1, -0.05) is 11.3 Å². The lowest BCUT2D eigenvalue weighted by atomic mass is 10.0. The van der Waals surface area contributed by atoms with Crippen molar-refractivity contribution < 1.29 is 23.8 Å². The molecule has 1 aromatic carbocycles. The Morgan fingerprint density at radius 1 is 1.19 bits per heavy atom. The van der Waals surface area contributed by atoms with E-state index < -0.39 is 28.7 Å². The van der Waals surface area contributed by atoms with Crippen LogP contribution >= 0.6 is 11.3 Å². The molecule has 5 rings (SSSR count). The van der Waals surface area contributed by atoms with Crippen LogP contribution in [0.15, 0.2) is 40.2 Å². The van der Waals surface area contributed by atoms with Crippen LogP contribution < -0.4 is 16.0 Å². The van der Waals surface area contributed by atoms with Gasteiger partial charge in [0.2, 0.25) is 5.91 Å². The molecule has 1 N–H and O–H groups in total. The zero-order valence-electron chi connectivity index (χ0n) is 24.6. The lowest BCUT2D eigenvalue weighted by molar-refractivity contribution is -0.138. The number of fused-ring (bicyclic) bond motifs is 1. The summed E-state index contributed by atoms with van der Waals surface area (Å²) >= 11 is 1.16. The summed E-state index contributed by atoms with van der Waals surface area (Å²) in [5.74, 6) is -0.494. The van der Waals surface area contributed by atoms with Gasteiger partial charge in [-0.15, -0.1) is 4.80 Å². The second-order valence-corrected chi connectivity index (χ2v) is 11.9. The number of aromatic nitrogens is 5. The molecule has 4 aromatic rings. The molecular formula is C29H35FN6O6S. The number of benzene rings is 1. The number of hydrogen-bond acceptors (Lipinski definition) is 9. The molecule has 4 heterocycles. The Balaban J connectivity index is 1.76. The Morgan fingerprint density at radius 2 is 1.88 bits per heavy atom. The first-order chi connectivity index (χ1) is 20.6. The average Bonchev–Trinajstić information content (AvgIpc) is 3.76. The van der Waals surface area contributed by atoms with Crippen LogP contribution in [0.3, 0.4) is 0 Å². The maximum absolute atomic E-state index is 14.5. The average molecular weight is 615 g/mol. The van der Waals surface area contributed by atoms with Crippen LogP contribution in [-0.2, 0) is 21.6 Å². The number of aliphatic hydroxyl groups excluding tert-OH is 1. The predicted octanol–water partition coefficient (Wildman–Crippen LogP) is 2.76. The van der Waals surface area contributed by atoms with Crippen LogP contribution in [0.5, 0.6) is 5.75 Å². The Kier molecular flexibility index (Phi) is 8.81. The van der Waals surface area contributed by atoms with Gasteiger partial charge >= 0.3 is 5.69 Å². The fourth-order valence-electron chi connectivity index (χ4n) is 5.56. The highest BCUT2D eigenvalue weighted by Crippen LogP contribution is 2.34. The number of halogens is 1. The zero-order valence-corrected chi connectivity index (χ0v) is 25.4. The molecule has 1 aliphatic rings. The van der Waals surface area contributed by atoms with E-state index in [2.05, 4.69) is 10.2 Å². The van der Waals surface area contributed by atoms with E-state index in [1.807, 2.05) is 0 Å². The topological polar surface area (TPSA) is 134 Å². The van der Waals surface area contributed by atoms with E-state index in [-0.39, 0.29) is 31.1 Å². The standard InChI is InChI=1S/C29H35FN6O6S/c1-18-23-24(38)35(29(2,3)27(39)33-12-5-6-13-33)28(40)34(26(23)43-25(18)36-31-10-11-32-36)17-22(42-15-7-14-37)20-16-19(30)8-9-21(20)41-4/h8-11,16,22,37H,5-7,12-15,17H2,1-4H3/t22-/m0/s1. The minimum atomic E-state index is -1.50. The molecule has 1 atom stereocenters. The summed E-state index contributed by atoms with van der Waals surface area (Å²) in [6.45, 7) is 5.87. The first-order valence-corrected chi connectivity index (χ1v) is 14.9. The molecule has 1 aliphatic heterocycles. The van der Waals surface area contributed by atoms with Crippen molar-refractivity contribution in [1.29, 1.82) is 0 Å². The summed E-state index contributed by atoms with van der Waals surface area (Å²) < 4.78 is 28.5. The van der Waals surface area contributed by atoms with Gasteiger partial charge in [-0.2, -0.15) is 10.2 Å². The van der Waals surface area contributed by atoms with E-state index in [1.165, 1.54) is 47.1 Å². The number of thiophene rings is 1. The fraction of sp³-hybridized carbons (Fsp3) is 0.483. The lowest BCUT2D eigenvalue weighted by Crippen LogP contribution is -2.56. The number of carbonyl (C=O) groups is 1. The molecule has 12 nitrogen and oxygen atoms in total. The van der Waals surface area contributed by atoms with Gasteiger partial charge in [0.05, 0.1) is 31.4 Å². The Labute approximate surface area is 250 Å². The van der Waals surface area contributed by atoms with Crippen molar-refractivity contribution in [3.05, 3.63) is 68.4 Å². The fourth-order valence-corrected chi connectivity index (χ4v) is 6.78. The molecule has 0 aliphatic carbocycles. The van der Waals surface area contributed by atoms with Crippen LogP contribution in [0.25, 0.3) is 15.2 Å². The number of methoxy groups -OCH3 is 1. The van der Waals surface area contributed by atoms with E-state index in [0.717, 1.165) is 28.7 Å². The minimum Gasteiger partial charge on any atom is -0.496 e. The van der Waals surface area contributed by atoms with Crippen molar-refractivity contribution in [2.24, 2.45) is 0 Å². The van der Waals surface area contributed by atoms with Crippen LogP contribution in [-0.4, -0.2) is 73.5 Å². The second kappa shape index (κ2) is 12.4. The van der Waals surface area contributed by atoms with Crippen LogP contribution in [0.1, 0.15) is 50.3 Å². The number of likely N-dealkylation sites (tertiary alicyclic amines) is 1. The van der Waals surface area contributed by atoms with Gasteiger partial charge in [0.25, 0.3) is 5.56 Å². The molecule has 1 saturated heterocycles. The number of hydrogen-bond donors (Lipinski definition) is 1. The molecule has 0 radical (unpaired) electrons.